The monoisotopic (exact) mass is 434 g/mol. The van der Waals surface area contributed by atoms with E-state index in [1.165, 1.54) is 0 Å². The summed E-state index contributed by atoms with van der Waals surface area (Å²) in [7, 11) is 0. The first-order chi connectivity index (χ1) is 3.46. The van der Waals surface area contributed by atoms with Crippen molar-refractivity contribution >= 4 is 17.1 Å². The minimum absolute atomic E-state index is 0. The first-order valence-electron chi connectivity index (χ1n) is 0.955. The summed E-state index contributed by atoms with van der Waals surface area (Å²) >= 11 is -7.53. The first kappa shape index (κ1) is 17.0. The van der Waals surface area contributed by atoms with E-state index in [0.717, 1.165) is 0 Å². The summed E-state index contributed by atoms with van der Waals surface area (Å²) in [4.78, 5) is 0. The Hall–Kier alpha value is 1.74. The summed E-state index contributed by atoms with van der Waals surface area (Å²) in [5.41, 5.74) is 0. The molecule has 0 atom stereocenters. The number of hydrogen-bond donors (Lipinski definition) is 2. The normalized spacial score (nSPS) is 8.00. The van der Waals surface area contributed by atoms with Crippen molar-refractivity contribution in [2.45, 2.75) is 0 Å². The summed E-state index contributed by atoms with van der Waals surface area (Å²) in [6, 6.07) is 0. The maximum absolute atomic E-state index is 8.68. The summed E-state index contributed by atoms with van der Waals surface area (Å²) < 4.78 is 48.9. The fraction of sp³-hybridized carbons (Fsp3) is 0. The molecule has 0 aromatic heterocycles. The molecule has 0 unspecified atom stereocenters. The molecule has 6 nitrogen and oxygen atoms in total. The first-order valence-corrected chi connectivity index (χ1v) is 6.41. The fourth-order valence-corrected chi connectivity index (χ4v) is 0. The van der Waals surface area contributed by atoms with Gasteiger partial charge in [-0.2, -0.15) is 0 Å². The quantitative estimate of drug-likeness (QED) is 0.288. The van der Waals surface area contributed by atoms with E-state index >= 15 is 0 Å². The van der Waals surface area contributed by atoms with Gasteiger partial charge in [-0.05, 0) is 6.87 Å². The van der Waals surface area contributed by atoms with Crippen molar-refractivity contribution in [1.82, 2.24) is 0 Å². The van der Waals surface area contributed by atoms with Crippen molar-refractivity contribution < 1.29 is 62.7 Å². The van der Waals surface area contributed by atoms with E-state index < -0.39 is 42.1 Å². The van der Waals surface area contributed by atoms with E-state index in [2.05, 4.69) is 0 Å². The minimum atomic E-state index is -3.76. The molecule has 0 heterocycles. The average Bonchev–Trinajstić information content (AvgIpc) is 1.25. The van der Waals surface area contributed by atoms with E-state index in [-0.39, 0.29) is 17.1 Å². The third-order valence-corrected chi connectivity index (χ3v) is 0. The van der Waals surface area contributed by atoms with Crippen LogP contribution in [0.2, 0.25) is 0 Å². The Balaban J connectivity index is -0.0000000720. The average molecular weight is 433 g/mol. The van der Waals surface area contributed by atoms with Gasteiger partial charge in [0.2, 0.25) is 0 Å². The van der Waals surface area contributed by atoms with E-state index in [9.17, 15) is 0 Å². The van der Waals surface area contributed by atoms with Crippen LogP contribution < -0.4 is 55.9 Å². The molecule has 0 saturated heterocycles. The van der Waals surface area contributed by atoms with Gasteiger partial charge in [0.15, 0.2) is 0 Å². The molecule has 0 bridgehead atoms. The van der Waals surface area contributed by atoms with Gasteiger partial charge in [0.05, 0.1) is 0 Å². The van der Waals surface area contributed by atoms with Crippen LogP contribution in [-0.4, -0.2) is 23.9 Å². The van der Waals surface area contributed by atoms with Gasteiger partial charge in [0.1, 0.15) is 0 Å². The van der Waals surface area contributed by atoms with Crippen LogP contribution in [0.1, 0.15) is 0 Å². The summed E-state index contributed by atoms with van der Waals surface area (Å²) in [6.45, 7) is 0. The van der Waals surface area contributed by atoms with Gasteiger partial charge in [-0.3, -0.25) is 0 Å². The summed E-state index contributed by atoms with van der Waals surface area (Å²) in [5.74, 6) is 0. The molecule has 0 aromatic carbocycles. The Morgan fingerprint density at radius 3 is 0.778 bits per heavy atom. The molecule has 0 saturated carbocycles. The second-order valence-electron chi connectivity index (χ2n) is 0.402. The molecular formula is H4I2O6Se. The maximum atomic E-state index is 8.68. The standard InChI is InChI=1S/2HIO3.H2Se/c2*2-1(3)4;/h2*2H;1H2. The molecule has 0 aliphatic heterocycles. The van der Waals surface area contributed by atoms with Gasteiger partial charge in [-0.1, -0.05) is 0 Å². The summed E-state index contributed by atoms with van der Waals surface area (Å²) in [6.07, 6.45) is 0. The molecule has 0 amide bonds. The third-order valence-electron chi connectivity index (χ3n) is 0. The van der Waals surface area contributed by atoms with Crippen molar-refractivity contribution in [2.24, 2.45) is 0 Å². The van der Waals surface area contributed by atoms with Crippen molar-refractivity contribution in [3.63, 3.8) is 0 Å². The Bertz CT molecular complexity index is 26.5. The zero-order chi connectivity index (χ0) is 7.15. The Morgan fingerprint density at radius 1 is 0.778 bits per heavy atom. The molecule has 0 aliphatic rings. The van der Waals surface area contributed by atoms with E-state index in [1.54, 1.807) is 0 Å². The van der Waals surface area contributed by atoms with E-state index in [4.69, 9.17) is 20.6 Å². The zero-order valence-corrected chi connectivity index (χ0v) is 10.2. The molecular weight excluding hydrogens is 429 g/mol. The Labute approximate surface area is 79.1 Å². The topological polar surface area (TPSA) is 133 Å². The van der Waals surface area contributed by atoms with Gasteiger partial charge in [0.25, 0.3) is 0 Å². The van der Waals surface area contributed by atoms with Crippen LogP contribution in [0.25, 0.3) is 0 Å². The summed E-state index contributed by atoms with van der Waals surface area (Å²) in [5, 5.41) is 0. The SMILES string of the molecule is [O-][I+2]([O-])O.[O-][I+2]([O-])O.[SeH2]. The number of rotatable bonds is 0. The van der Waals surface area contributed by atoms with Crippen LogP contribution in [0, 0.1) is 0 Å². The fourth-order valence-electron chi connectivity index (χ4n) is 0. The van der Waals surface area contributed by atoms with Gasteiger partial charge < -0.3 is 13.7 Å². The van der Waals surface area contributed by atoms with Gasteiger partial charge in [0, 0.05) is 0 Å². The van der Waals surface area contributed by atoms with E-state index in [1.807, 2.05) is 0 Å². The second-order valence-corrected chi connectivity index (χ2v) is 2.70. The molecule has 9 heteroatoms. The second kappa shape index (κ2) is 12.4. The molecule has 9 heavy (non-hydrogen) atoms. The molecule has 2 N–H and O–H groups in total. The zero-order valence-electron chi connectivity index (χ0n) is 3.78. The molecule has 0 aromatic rings. The van der Waals surface area contributed by atoms with Crippen molar-refractivity contribution in [3.8, 4) is 0 Å². The number of halogens is 2. The van der Waals surface area contributed by atoms with Gasteiger partial charge in [-0.25, -0.2) is 0 Å². The predicted octanol–water partition coefficient (Wildman–Crippen LogP) is -12.8. The van der Waals surface area contributed by atoms with Crippen LogP contribution in [0.3, 0.4) is 0 Å². The van der Waals surface area contributed by atoms with Gasteiger partial charge >= 0.3 is 59.2 Å². The van der Waals surface area contributed by atoms with Crippen LogP contribution in [0.5, 0.6) is 0 Å². The Morgan fingerprint density at radius 2 is 0.778 bits per heavy atom. The van der Waals surface area contributed by atoms with Crippen molar-refractivity contribution in [1.29, 1.82) is 0 Å². The number of hydrogen-bond acceptors (Lipinski definition) is 6. The Kier molecular flexibility index (Phi) is 23.5. The van der Waals surface area contributed by atoms with Gasteiger partial charge in [-0.15, -0.1) is 0 Å². The van der Waals surface area contributed by atoms with Crippen LogP contribution in [0.4, 0.5) is 0 Å². The van der Waals surface area contributed by atoms with Crippen LogP contribution in [0.15, 0.2) is 0 Å². The van der Waals surface area contributed by atoms with Crippen molar-refractivity contribution in [3.05, 3.63) is 0 Å². The molecule has 60 valence electrons. The molecule has 0 aliphatic carbocycles. The van der Waals surface area contributed by atoms with Crippen molar-refractivity contribution in [2.75, 3.05) is 0 Å². The third kappa shape index (κ3) is 193. The molecule has 0 rings (SSSR count). The van der Waals surface area contributed by atoms with E-state index in [0.29, 0.717) is 0 Å². The van der Waals surface area contributed by atoms with Crippen LogP contribution in [-0.2, 0) is 0 Å². The molecule has 0 radical (unpaired) electrons. The predicted molar refractivity (Wildman–Crippen MR) is 13.0 cm³/mol. The van der Waals surface area contributed by atoms with Crippen LogP contribution >= 0.6 is 0 Å². The molecule has 0 spiro atoms. The molecule has 0 fully saturated rings.